The van der Waals surface area contributed by atoms with Gasteiger partial charge in [-0.05, 0) is 85.0 Å². The van der Waals surface area contributed by atoms with E-state index in [2.05, 4.69) is 5.43 Å². The monoisotopic (exact) mass is 801 g/mol. The summed E-state index contributed by atoms with van der Waals surface area (Å²) in [6, 6.07) is 19.1. The van der Waals surface area contributed by atoms with Crippen molar-refractivity contribution in [3.8, 4) is 17.2 Å². The summed E-state index contributed by atoms with van der Waals surface area (Å²) in [7, 11) is 1.49. The Labute approximate surface area is 328 Å². The summed E-state index contributed by atoms with van der Waals surface area (Å²) in [5.74, 6) is -9.11. The number of halogens is 3. The lowest BCUT2D eigenvalue weighted by Crippen LogP contribution is -2.53. The number of nitrogens with one attached hydrogen (secondary N) is 1. The molecule has 8 rings (SSSR count). The van der Waals surface area contributed by atoms with Gasteiger partial charge < -0.3 is 20.1 Å². The predicted octanol–water partition coefficient (Wildman–Crippen LogP) is 6.95. The van der Waals surface area contributed by atoms with Crippen LogP contribution in [0.15, 0.2) is 90.5 Å². The molecule has 12 nitrogen and oxygen atoms in total. The zero-order valence-corrected chi connectivity index (χ0v) is 31.0. The molecule has 4 aromatic carbocycles. The molecule has 0 aromatic heterocycles. The third kappa shape index (κ3) is 5.45. The zero-order valence-electron chi connectivity index (χ0n) is 28.7. The molecule has 2 aliphatic carbocycles. The van der Waals surface area contributed by atoms with Crippen LogP contribution >= 0.6 is 34.8 Å². The normalized spacial score (nSPS) is 25.7. The summed E-state index contributed by atoms with van der Waals surface area (Å²) in [6.45, 7) is 0. The first-order valence-corrected chi connectivity index (χ1v) is 18.3. The molecule has 0 spiro atoms. The first-order valence-electron chi connectivity index (χ1n) is 17.1. The summed E-state index contributed by atoms with van der Waals surface area (Å²) < 4.78 is 5.42. The maximum absolute atomic E-state index is 15.4. The first-order chi connectivity index (χ1) is 26.3. The molecule has 4 aliphatic rings. The number of ether oxygens (including phenoxy) is 1. The number of carbonyl (C=O) groups excluding carboxylic acids is 4. The smallest absolute Gasteiger partial charge is 0.339 e. The molecule has 4 amide bonds. The number of carboxylic acid groups (broad SMARTS) is 1. The number of carboxylic acids is 1. The highest BCUT2D eigenvalue weighted by Gasteiger charge is 2.70. The summed E-state index contributed by atoms with van der Waals surface area (Å²) in [5, 5.41) is 33.1. The number of aromatic carboxylic acids is 1. The van der Waals surface area contributed by atoms with Gasteiger partial charge in [0.1, 0.15) is 22.8 Å². The number of hydrogen-bond donors (Lipinski definition) is 4. The molecule has 4 aromatic rings. The molecule has 4 N–H and O–H groups in total. The summed E-state index contributed by atoms with van der Waals surface area (Å²) in [5.41, 5.74) is 2.22. The number of carbonyl (C=O) groups is 5. The van der Waals surface area contributed by atoms with Gasteiger partial charge in [-0.2, -0.15) is 5.01 Å². The van der Waals surface area contributed by atoms with Gasteiger partial charge in [0.05, 0.1) is 46.7 Å². The van der Waals surface area contributed by atoms with Crippen LogP contribution in [0.25, 0.3) is 0 Å². The molecule has 280 valence electrons. The average molecular weight is 803 g/mol. The van der Waals surface area contributed by atoms with Crippen molar-refractivity contribution >= 4 is 75.8 Å². The number of imide groups is 2. The topological polar surface area (TPSA) is 174 Å². The van der Waals surface area contributed by atoms with E-state index in [1.54, 1.807) is 30.3 Å². The maximum atomic E-state index is 15.4. The molecular formula is C40H30Cl3N3O9. The summed E-state index contributed by atoms with van der Waals surface area (Å²) >= 11 is 19.2. The van der Waals surface area contributed by atoms with Crippen molar-refractivity contribution in [2.75, 3.05) is 17.4 Å². The van der Waals surface area contributed by atoms with Gasteiger partial charge in [0.15, 0.2) is 0 Å². The fourth-order valence-electron chi connectivity index (χ4n) is 9.04. The number of rotatable bonds is 7. The standard InChI is InChI=1S/C40H30Cl3N3O9/c1-55-22-7-2-18(3-8-22)40-28(36(50)46(39(40)54)44-30-12-4-20(42)15-29(30)43)17-26-23(34(40)27-14-19(41)5-13-31(27)47)10-11-25-33(26)37(51)45(35(25)49)21-6-9-24(38(52)53)32(48)16-21/h2-10,12-16,25-26,28,33-34,44,47-48H,11,17H2,1H3,(H,52,53). The van der Waals surface area contributed by atoms with Gasteiger partial charge >= 0.3 is 5.97 Å². The molecule has 1 saturated carbocycles. The van der Waals surface area contributed by atoms with Crippen LogP contribution in [0.2, 0.25) is 15.1 Å². The van der Waals surface area contributed by atoms with Crippen molar-refractivity contribution in [2.24, 2.45) is 23.7 Å². The van der Waals surface area contributed by atoms with Crippen LogP contribution in [0.3, 0.4) is 0 Å². The number of aromatic hydroxyl groups is 2. The minimum atomic E-state index is -1.73. The van der Waals surface area contributed by atoms with Crippen molar-refractivity contribution in [3.63, 3.8) is 0 Å². The van der Waals surface area contributed by atoms with E-state index < -0.39 is 75.9 Å². The van der Waals surface area contributed by atoms with E-state index >= 15 is 4.79 Å². The minimum Gasteiger partial charge on any atom is -0.508 e. The first kappa shape index (κ1) is 36.4. The summed E-state index contributed by atoms with van der Waals surface area (Å²) in [4.78, 5) is 71.3. The average Bonchev–Trinajstić information content (AvgIpc) is 3.54. The number of anilines is 2. The molecule has 0 radical (unpaired) electrons. The highest BCUT2D eigenvalue weighted by Crippen LogP contribution is 2.65. The predicted molar refractivity (Wildman–Crippen MR) is 201 cm³/mol. The third-order valence-electron chi connectivity index (χ3n) is 11.4. The molecule has 0 bridgehead atoms. The van der Waals surface area contributed by atoms with Crippen molar-refractivity contribution < 1.29 is 44.0 Å². The highest BCUT2D eigenvalue weighted by atomic mass is 35.5. The van der Waals surface area contributed by atoms with Crippen LogP contribution in [-0.2, 0) is 24.6 Å². The van der Waals surface area contributed by atoms with E-state index in [-0.39, 0.29) is 45.6 Å². The number of allylic oxidation sites excluding steroid dienone is 2. The van der Waals surface area contributed by atoms with Crippen molar-refractivity contribution in [1.29, 1.82) is 0 Å². The van der Waals surface area contributed by atoms with E-state index in [1.807, 2.05) is 6.08 Å². The molecule has 6 atom stereocenters. The zero-order chi connectivity index (χ0) is 39.1. The molecular weight excluding hydrogens is 773 g/mol. The van der Waals surface area contributed by atoms with Crippen molar-refractivity contribution in [3.05, 3.63) is 122 Å². The van der Waals surface area contributed by atoms with Gasteiger partial charge in [0, 0.05) is 27.6 Å². The van der Waals surface area contributed by atoms with Crippen LogP contribution in [0, 0.1) is 23.7 Å². The molecule has 2 saturated heterocycles. The minimum absolute atomic E-state index is 0.0109. The maximum Gasteiger partial charge on any atom is 0.339 e. The van der Waals surface area contributed by atoms with Gasteiger partial charge in [-0.25, -0.2) is 9.69 Å². The Balaban J connectivity index is 1.32. The van der Waals surface area contributed by atoms with Crippen molar-refractivity contribution in [1.82, 2.24) is 5.01 Å². The number of hydrazine groups is 1. The second-order valence-electron chi connectivity index (χ2n) is 13.9. The van der Waals surface area contributed by atoms with Crippen LogP contribution in [0.1, 0.15) is 40.2 Å². The number of methoxy groups -OCH3 is 1. The number of benzene rings is 4. The van der Waals surface area contributed by atoms with E-state index in [1.165, 1.54) is 43.5 Å². The molecule has 6 unspecified atom stereocenters. The highest BCUT2D eigenvalue weighted by molar-refractivity contribution is 6.36. The van der Waals surface area contributed by atoms with Crippen LogP contribution in [0.4, 0.5) is 11.4 Å². The number of hydrogen-bond acceptors (Lipinski definition) is 9. The lowest BCUT2D eigenvalue weighted by atomic mass is 9.49. The van der Waals surface area contributed by atoms with E-state index in [4.69, 9.17) is 39.5 Å². The summed E-state index contributed by atoms with van der Waals surface area (Å²) in [6.07, 6.45) is 1.83. The molecule has 55 heavy (non-hydrogen) atoms. The fourth-order valence-corrected chi connectivity index (χ4v) is 9.67. The van der Waals surface area contributed by atoms with Gasteiger partial charge in [0.2, 0.25) is 11.8 Å². The quantitative estimate of drug-likeness (QED) is 0.113. The Kier molecular flexibility index (Phi) is 8.83. The number of amides is 4. The lowest BCUT2D eigenvalue weighted by molar-refractivity contribution is -0.138. The Bertz CT molecular complexity index is 2380. The molecule has 15 heteroatoms. The van der Waals surface area contributed by atoms with Crippen LogP contribution < -0.4 is 15.1 Å². The number of phenolic OH excluding ortho intramolecular Hbond substituents is 1. The third-order valence-corrected chi connectivity index (χ3v) is 12.1. The number of phenols is 2. The molecule has 2 aliphatic heterocycles. The largest absolute Gasteiger partial charge is 0.508 e. The molecule has 3 fully saturated rings. The second-order valence-corrected chi connectivity index (χ2v) is 15.2. The van der Waals surface area contributed by atoms with E-state index in [0.29, 0.717) is 21.9 Å². The Hall–Kier alpha value is -5.56. The Morgan fingerprint density at radius 3 is 2.22 bits per heavy atom. The van der Waals surface area contributed by atoms with Crippen LogP contribution in [-0.4, -0.2) is 57.0 Å². The Morgan fingerprint density at radius 2 is 1.55 bits per heavy atom. The fraction of sp³-hybridized carbons (Fsp3) is 0.225. The molecule has 2 heterocycles. The second kappa shape index (κ2) is 13.3. The number of nitrogens with zero attached hydrogens (tertiary/aromatic N) is 2. The van der Waals surface area contributed by atoms with Gasteiger partial charge in [0.25, 0.3) is 11.8 Å². The Morgan fingerprint density at radius 1 is 0.836 bits per heavy atom. The number of fused-ring (bicyclic) bond motifs is 4. The van der Waals surface area contributed by atoms with Crippen LogP contribution in [0.5, 0.6) is 17.2 Å². The van der Waals surface area contributed by atoms with Gasteiger partial charge in [-0.1, -0.05) is 58.6 Å². The van der Waals surface area contributed by atoms with Crippen molar-refractivity contribution in [2.45, 2.75) is 24.2 Å². The lowest BCUT2D eigenvalue weighted by Gasteiger charge is -2.50. The SMILES string of the molecule is COc1ccc(C23C(=O)N(Nc4ccc(Cl)cc4Cl)C(=O)C2CC2C(=CCC4C(=O)N(c5ccc(C(=O)O)c(O)c5)C(=O)C42)C3c2cc(Cl)ccc2O)cc1. The van der Waals surface area contributed by atoms with E-state index in [0.717, 1.165) is 22.0 Å². The van der Waals surface area contributed by atoms with Gasteiger partial charge in [-0.15, -0.1) is 0 Å². The van der Waals surface area contributed by atoms with E-state index in [9.17, 15) is 34.5 Å². The van der Waals surface area contributed by atoms with Gasteiger partial charge in [-0.3, -0.25) is 24.6 Å².